The molecule has 1 amide bonds. The van der Waals surface area contributed by atoms with E-state index >= 15 is 0 Å². The SMILES string of the molecule is COc1cnc2c(Oc3ccc(NC(=O)c4c(C)nc(C)c(OC)c4O)cc3F)ccnc2c1. The predicted molar refractivity (Wildman–Crippen MR) is 122 cm³/mol. The van der Waals surface area contributed by atoms with Gasteiger partial charge in [-0.05, 0) is 26.0 Å². The Morgan fingerprint density at radius 3 is 2.53 bits per heavy atom. The van der Waals surface area contributed by atoms with Crippen LogP contribution in [0.3, 0.4) is 0 Å². The smallest absolute Gasteiger partial charge is 0.261 e. The Balaban J connectivity index is 1.58. The Kier molecular flexibility index (Phi) is 6.13. The van der Waals surface area contributed by atoms with Crippen LogP contribution in [0.1, 0.15) is 21.7 Å². The van der Waals surface area contributed by atoms with E-state index in [1.54, 1.807) is 26.0 Å². The second kappa shape index (κ2) is 9.18. The summed E-state index contributed by atoms with van der Waals surface area (Å²) in [5, 5.41) is 13.0. The third-order valence-corrected chi connectivity index (χ3v) is 5.07. The van der Waals surface area contributed by atoms with Crippen molar-refractivity contribution in [3.05, 3.63) is 65.5 Å². The van der Waals surface area contributed by atoms with Crippen LogP contribution in [0.2, 0.25) is 0 Å². The molecule has 0 saturated heterocycles. The highest BCUT2D eigenvalue weighted by Gasteiger charge is 2.22. The van der Waals surface area contributed by atoms with Crippen LogP contribution < -0.4 is 19.5 Å². The van der Waals surface area contributed by atoms with Gasteiger partial charge in [0, 0.05) is 30.1 Å². The number of nitrogens with zero attached hydrogens (tertiary/aromatic N) is 3. The Morgan fingerprint density at radius 1 is 1.03 bits per heavy atom. The predicted octanol–water partition coefficient (Wildman–Crippen LogP) is 4.55. The molecule has 3 heterocycles. The molecule has 0 aliphatic heterocycles. The standard InChI is InChI=1S/C24H21FN4O5/c1-12-20(22(30)23(33-4)13(2)28-12)24(31)29-14-5-6-18(16(25)9-14)34-19-7-8-26-17-10-15(32-3)11-27-21(17)19/h5-11H,1-4H3,(H,28,30)(H,29,31). The minimum Gasteiger partial charge on any atom is -0.504 e. The van der Waals surface area contributed by atoms with Crippen LogP contribution >= 0.6 is 0 Å². The van der Waals surface area contributed by atoms with Crippen LogP contribution in [0.5, 0.6) is 28.7 Å². The summed E-state index contributed by atoms with van der Waals surface area (Å²) in [5.41, 5.74) is 1.81. The number of aromatic nitrogens is 3. The summed E-state index contributed by atoms with van der Waals surface area (Å²) in [6.45, 7) is 3.24. The Labute approximate surface area is 194 Å². The van der Waals surface area contributed by atoms with E-state index < -0.39 is 11.7 Å². The van der Waals surface area contributed by atoms with Gasteiger partial charge < -0.3 is 24.6 Å². The zero-order valence-corrected chi connectivity index (χ0v) is 18.8. The fourth-order valence-corrected chi connectivity index (χ4v) is 3.49. The number of halogens is 1. The molecule has 0 saturated carbocycles. The maximum Gasteiger partial charge on any atom is 0.261 e. The first kappa shape index (κ1) is 22.7. The van der Waals surface area contributed by atoms with Gasteiger partial charge >= 0.3 is 0 Å². The van der Waals surface area contributed by atoms with Gasteiger partial charge in [-0.3, -0.25) is 14.8 Å². The van der Waals surface area contributed by atoms with Gasteiger partial charge in [0.2, 0.25) is 0 Å². The van der Waals surface area contributed by atoms with Crippen LogP contribution in [0, 0.1) is 19.7 Å². The number of aromatic hydroxyl groups is 1. The number of carbonyl (C=O) groups excluding carboxylic acids is 1. The van der Waals surface area contributed by atoms with Crippen molar-refractivity contribution in [3.63, 3.8) is 0 Å². The van der Waals surface area contributed by atoms with E-state index in [2.05, 4.69) is 20.3 Å². The molecular formula is C24H21FN4O5. The van der Waals surface area contributed by atoms with Crippen molar-refractivity contribution in [2.45, 2.75) is 13.8 Å². The Morgan fingerprint density at radius 2 is 1.82 bits per heavy atom. The molecule has 0 aliphatic carbocycles. The van der Waals surface area contributed by atoms with Crippen LogP contribution in [-0.4, -0.2) is 40.2 Å². The average molecular weight is 464 g/mol. The van der Waals surface area contributed by atoms with Gasteiger partial charge in [-0.15, -0.1) is 0 Å². The molecule has 0 aliphatic rings. The summed E-state index contributed by atoms with van der Waals surface area (Å²) in [6.07, 6.45) is 3.03. The molecule has 4 rings (SSSR count). The number of carbonyl (C=O) groups is 1. The maximum atomic E-state index is 14.8. The fraction of sp³-hybridized carbons (Fsp3) is 0.167. The van der Waals surface area contributed by atoms with E-state index in [1.165, 1.54) is 38.7 Å². The van der Waals surface area contributed by atoms with E-state index in [-0.39, 0.29) is 28.5 Å². The van der Waals surface area contributed by atoms with Crippen molar-refractivity contribution in [2.75, 3.05) is 19.5 Å². The Hall–Kier alpha value is -4.47. The number of hydrogen-bond donors (Lipinski definition) is 2. The largest absolute Gasteiger partial charge is 0.504 e. The highest BCUT2D eigenvalue weighted by atomic mass is 19.1. The summed E-state index contributed by atoms with van der Waals surface area (Å²) in [4.78, 5) is 25.5. The van der Waals surface area contributed by atoms with Gasteiger partial charge in [-0.25, -0.2) is 9.37 Å². The lowest BCUT2D eigenvalue weighted by molar-refractivity contribution is 0.102. The maximum absolute atomic E-state index is 14.8. The second-order valence-electron chi connectivity index (χ2n) is 7.29. The number of aryl methyl sites for hydroxylation is 2. The monoisotopic (exact) mass is 464 g/mol. The molecule has 174 valence electrons. The number of amides is 1. The number of anilines is 1. The number of rotatable bonds is 6. The molecule has 0 atom stereocenters. The summed E-state index contributed by atoms with van der Waals surface area (Å²) in [6, 6.07) is 7.22. The normalized spacial score (nSPS) is 10.7. The van der Waals surface area contributed by atoms with Gasteiger partial charge in [0.05, 0.1) is 37.3 Å². The molecule has 4 aromatic rings. The zero-order chi connectivity index (χ0) is 24.4. The van der Waals surface area contributed by atoms with Gasteiger partial charge in [0.15, 0.2) is 28.8 Å². The zero-order valence-electron chi connectivity index (χ0n) is 18.8. The fourth-order valence-electron chi connectivity index (χ4n) is 3.49. The number of nitrogens with one attached hydrogen (secondary N) is 1. The summed E-state index contributed by atoms with van der Waals surface area (Å²) in [7, 11) is 2.89. The van der Waals surface area contributed by atoms with Crippen molar-refractivity contribution >= 4 is 22.6 Å². The van der Waals surface area contributed by atoms with Crippen molar-refractivity contribution < 1.29 is 28.5 Å². The first-order valence-corrected chi connectivity index (χ1v) is 10.1. The third kappa shape index (κ3) is 4.25. The van der Waals surface area contributed by atoms with Crippen LogP contribution in [0.15, 0.2) is 42.7 Å². The highest BCUT2D eigenvalue weighted by molar-refractivity contribution is 6.07. The molecule has 0 spiro atoms. The molecule has 10 heteroatoms. The lowest BCUT2D eigenvalue weighted by Crippen LogP contribution is -2.15. The van der Waals surface area contributed by atoms with Crippen molar-refractivity contribution in [3.8, 4) is 28.7 Å². The van der Waals surface area contributed by atoms with Crippen LogP contribution in [-0.2, 0) is 0 Å². The summed E-state index contributed by atoms with van der Waals surface area (Å²) >= 11 is 0. The van der Waals surface area contributed by atoms with E-state index in [0.717, 1.165) is 6.07 Å². The molecule has 0 bridgehead atoms. The Bertz CT molecular complexity index is 1410. The third-order valence-electron chi connectivity index (χ3n) is 5.07. The first-order valence-electron chi connectivity index (χ1n) is 10.1. The number of benzene rings is 1. The van der Waals surface area contributed by atoms with E-state index in [1.807, 2.05) is 0 Å². The minimum atomic E-state index is -0.711. The average Bonchev–Trinajstić information content (AvgIpc) is 2.80. The van der Waals surface area contributed by atoms with Gasteiger partial charge in [-0.1, -0.05) is 0 Å². The van der Waals surface area contributed by atoms with Crippen LogP contribution in [0.4, 0.5) is 10.1 Å². The molecule has 0 unspecified atom stereocenters. The quantitative estimate of drug-likeness (QED) is 0.427. The minimum absolute atomic E-state index is 0.0621. The molecule has 1 aromatic carbocycles. The van der Waals surface area contributed by atoms with Gasteiger partial charge in [0.25, 0.3) is 5.91 Å². The number of methoxy groups -OCH3 is 2. The summed E-state index contributed by atoms with van der Waals surface area (Å²) in [5.74, 6) is -0.835. The van der Waals surface area contributed by atoms with Crippen LogP contribution in [0.25, 0.3) is 11.0 Å². The van der Waals surface area contributed by atoms with E-state index in [0.29, 0.717) is 33.9 Å². The molecule has 2 N–H and O–H groups in total. The number of fused-ring (bicyclic) bond motifs is 1. The van der Waals surface area contributed by atoms with Gasteiger partial charge in [-0.2, -0.15) is 0 Å². The van der Waals surface area contributed by atoms with E-state index in [4.69, 9.17) is 14.2 Å². The first-order chi connectivity index (χ1) is 16.3. The molecule has 0 fully saturated rings. The van der Waals surface area contributed by atoms with Crippen molar-refractivity contribution in [2.24, 2.45) is 0 Å². The summed E-state index contributed by atoms with van der Waals surface area (Å²) < 4.78 is 30.8. The lowest BCUT2D eigenvalue weighted by Gasteiger charge is -2.14. The highest BCUT2D eigenvalue weighted by Crippen LogP contribution is 2.35. The molecule has 3 aromatic heterocycles. The molecular weight excluding hydrogens is 443 g/mol. The number of pyridine rings is 3. The molecule has 34 heavy (non-hydrogen) atoms. The van der Waals surface area contributed by atoms with Gasteiger partial charge in [0.1, 0.15) is 16.8 Å². The second-order valence-corrected chi connectivity index (χ2v) is 7.29. The van der Waals surface area contributed by atoms with E-state index in [9.17, 15) is 14.3 Å². The van der Waals surface area contributed by atoms with Crippen molar-refractivity contribution in [1.29, 1.82) is 0 Å². The molecule has 0 radical (unpaired) electrons. The topological polar surface area (TPSA) is 116 Å². The lowest BCUT2D eigenvalue weighted by atomic mass is 10.1. The molecule has 9 nitrogen and oxygen atoms in total. The number of ether oxygens (including phenoxy) is 3. The van der Waals surface area contributed by atoms with Crippen molar-refractivity contribution in [1.82, 2.24) is 15.0 Å². The number of hydrogen-bond acceptors (Lipinski definition) is 8.